The standard InChI is InChI=1S/C19H20N4O2/c1-21-17(16(13-20)18(24)22(2)19(21)25)23-12-6-9-15(23)11-10-14-7-4-3-5-8-14/h3-5,7-8,10-11,15H,6,9,12H2,1-2H3/b11-10+/t15-/m0/s1. The first kappa shape index (κ1) is 16.8. The monoisotopic (exact) mass is 336 g/mol. The Morgan fingerprint density at radius 2 is 1.88 bits per heavy atom. The summed E-state index contributed by atoms with van der Waals surface area (Å²) in [5, 5.41) is 9.47. The van der Waals surface area contributed by atoms with Gasteiger partial charge in [-0.2, -0.15) is 5.26 Å². The summed E-state index contributed by atoms with van der Waals surface area (Å²) < 4.78 is 2.38. The molecule has 0 bridgehead atoms. The number of nitriles is 1. The van der Waals surface area contributed by atoms with E-state index in [1.54, 1.807) is 7.05 Å². The van der Waals surface area contributed by atoms with Crippen LogP contribution in [0.2, 0.25) is 0 Å². The highest BCUT2D eigenvalue weighted by Crippen LogP contribution is 2.27. The van der Waals surface area contributed by atoms with Gasteiger partial charge >= 0.3 is 5.69 Å². The molecule has 1 aliphatic rings. The van der Waals surface area contributed by atoms with E-state index in [-0.39, 0.29) is 11.6 Å². The Hall–Kier alpha value is -3.07. The van der Waals surface area contributed by atoms with Crippen LogP contribution in [0.1, 0.15) is 24.0 Å². The molecule has 25 heavy (non-hydrogen) atoms. The molecule has 2 heterocycles. The Labute approximate surface area is 145 Å². The molecular formula is C19H20N4O2. The van der Waals surface area contributed by atoms with Crippen LogP contribution in [0.15, 0.2) is 46.0 Å². The van der Waals surface area contributed by atoms with Crippen LogP contribution < -0.4 is 16.1 Å². The van der Waals surface area contributed by atoms with Gasteiger partial charge in [0.1, 0.15) is 11.9 Å². The fourth-order valence-electron chi connectivity index (χ4n) is 3.31. The number of rotatable bonds is 3. The van der Waals surface area contributed by atoms with E-state index in [4.69, 9.17) is 0 Å². The van der Waals surface area contributed by atoms with Crippen molar-refractivity contribution in [3.05, 3.63) is 68.4 Å². The van der Waals surface area contributed by atoms with E-state index in [1.165, 1.54) is 11.6 Å². The van der Waals surface area contributed by atoms with E-state index in [2.05, 4.69) is 6.08 Å². The smallest absolute Gasteiger partial charge is 0.332 e. The maximum Gasteiger partial charge on any atom is 0.332 e. The van der Waals surface area contributed by atoms with Crippen molar-refractivity contribution >= 4 is 11.9 Å². The lowest BCUT2D eigenvalue weighted by Gasteiger charge is -2.27. The van der Waals surface area contributed by atoms with Crippen molar-refractivity contribution in [3.8, 4) is 6.07 Å². The van der Waals surface area contributed by atoms with Crippen molar-refractivity contribution in [2.75, 3.05) is 11.4 Å². The minimum Gasteiger partial charge on any atom is -0.350 e. The summed E-state index contributed by atoms with van der Waals surface area (Å²) in [5.41, 5.74) is 0.146. The first-order valence-corrected chi connectivity index (χ1v) is 8.24. The van der Waals surface area contributed by atoms with Crippen LogP contribution in [0.5, 0.6) is 0 Å². The van der Waals surface area contributed by atoms with E-state index in [1.807, 2.05) is 47.4 Å². The first-order valence-electron chi connectivity index (χ1n) is 8.24. The van der Waals surface area contributed by atoms with E-state index in [9.17, 15) is 14.9 Å². The Balaban J connectivity index is 2.04. The molecule has 128 valence electrons. The third kappa shape index (κ3) is 3.01. The summed E-state index contributed by atoms with van der Waals surface area (Å²) >= 11 is 0. The highest BCUT2D eigenvalue weighted by molar-refractivity contribution is 5.58. The van der Waals surface area contributed by atoms with E-state index < -0.39 is 11.2 Å². The molecule has 0 spiro atoms. The second-order valence-corrected chi connectivity index (χ2v) is 6.19. The van der Waals surface area contributed by atoms with Crippen LogP contribution >= 0.6 is 0 Å². The fraction of sp³-hybridized carbons (Fsp3) is 0.316. The Morgan fingerprint density at radius 1 is 1.16 bits per heavy atom. The molecule has 0 radical (unpaired) electrons. The van der Waals surface area contributed by atoms with Gasteiger partial charge in [-0.3, -0.25) is 13.9 Å². The minimum absolute atomic E-state index is 0.0182. The van der Waals surface area contributed by atoms with E-state index >= 15 is 0 Å². The topological polar surface area (TPSA) is 71.0 Å². The van der Waals surface area contributed by atoms with Crippen molar-refractivity contribution in [1.29, 1.82) is 5.26 Å². The van der Waals surface area contributed by atoms with Crippen LogP contribution in [-0.4, -0.2) is 21.7 Å². The van der Waals surface area contributed by atoms with Crippen LogP contribution in [0.25, 0.3) is 6.08 Å². The van der Waals surface area contributed by atoms with E-state index in [0.717, 1.165) is 23.0 Å². The van der Waals surface area contributed by atoms with Crippen molar-refractivity contribution in [3.63, 3.8) is 0 Å². The first-order chi connectivity index (χ1) is 12.0. The molecule has 2 aromatic rings. The van der Waals surface area contributed by atoms with Gasteiger partial charge in [-0.1, -0.05) is 42.5 Å². The Bertz CT molecular complexity index is 964. The molecule has 0 amide bonds. The molecule has 6 nitrogen and oxygen atoms in total. The van der Waals surface area contributed by atoms with Gasteiger partial charge in [-0.25, -0.2) is 4.79 Å². The second kappa shape index (κ2) is 6.81. The van der Waals surface area contributed by atoms with Crippen LogP contribution in [0.3, 0.4) is 0 Å². The maximum atomic E-state index is 12.3. The van der Waals surface area contributed by atoms with Gasteiger partial charge in [0.25, 0.3) is 5.56 Å². The zero-order chi connectivity index (χ0) is 18.0. The van der Waals surface area contributed by atoms with Gasteiger partial charge in [0, 0.05) is 26.7 Å². The van der Waals surface area contributed by atoms with Crippen molar-refractivity contribution in [2.24, 2.45) is 14.1 Å². The van der Waals surface area contributed by atoms with Gasteiger partial charge in [-0.15, -0.1) is 0 Å². The highest BCUT2D eigenvalue weighted by Gasteiger charge is 2.29. The third-order valence-corrected chi connectivity index (χ3v) is 4.63. The number of nitrogens with zero attached hydrogens (tertiary/aromatic N) is 4. The zero-order valence-electron chi connectivity index (χ0n) is 14.3. The number of benzene rings is 1. The van der Waals surface area contributed by atoms with E-state index in [0.29, 0.717) is 12.4 Å². The predicted molar refractivity (Wildman–Crippen MR) is 97.5 cm³/mol. The summed E-state index contributed by atoms with van der Waals surface area (Å²) in [6.07, 6.45) is 5.97. The van der Waals surface area contributed by atoms with Crippen molar-refractivity contribution in [2.45, 2.75) is 18.9 Å². The zero-order valence-corrected chi connectivity index (χ0v) is 14.3. The number of hydrogen-bond donors (Lipinski definition) is 0. The molecule has 0 unspecified atom stereocenters. The van der Waals surface area contributed by atoms with Gasteiger partial charge in [0.05, 0.1) is 0 Å². The summed E-state index contributed by atoms with van der Waals surface area (Å²) in [7, 11) is 3.00. The number of aromatic nitrogens is 2. The van der Waals surface area contributed by atoms with Gasteiger partial charge in [0.15, 0.2) is 5.56 Å². The quantitative estimate of drug-likeness (QED) is 0.854. The molecule has 1 saturated heterocycles. The summed E-state index contributed by atoms with van der Waals surface area (Å²) in [5.74, 6) is 0.413. The summed E-state index contributed by atoms with van der Waals surface area (Å²) in [6, 6.07) is 12.0. The molecule has 0 saturated carbocycles. The molecule has 0 N–H and O–H groups in total. The molecule has 3 rings (SSSR count). The average Bonchev–Trinajstić information content (AvgIpc) is 3.10. The van der Waals surface area contributed by atoms with Gasteiger partial charge < -0.3 is 4.90 Å². The lowest BCUT2D eigenvalue weighted by atomic mass is 10.1. The molecule has 1 aromatic heterocycles. The number of hydrogen-bond acceptors (Lipinski definition) is 4. The second-order valence-electron chi connectivity index (χ2n) is 6.19. The Morgan fingerprint density at radius 3 is 2.56 bits per heavy atom. The van der Waals surface area contributed by atoms with Crippen LogP contribution in [-0.2, 0) is 14.1 Å². The largest absolute Gasteiger partial charge is 0.350 e. The molecule has 1 fully saturated rings. The lowest BCUT2D eigenvalue weighted by Crippen LogP contribution is -2.43. The SMILES string of the molecule is Cn1c(N2CCC[C@H]2/C=C/c2ccccc2)c(C#N)c(=O)n(C)c1=O. The van der Waals surface area contributed by atoms with Crippen molar-refractivity contribution < 1.29 is 0 Å². The van der Waals surface area contributed by atoms with Gasteiger partial charge in [0.2, 0.25) is 0 Å². The summed E-state index contributed by atoms with van der Waals surface area (Å²) in [6.45, 7) is 0.707. The molecular weight excluding hydrogens is 316 g/mol. The average molecular weight is 336 g/mol. The Kier molecular flexibility index (Phi) is 4.57. The number of anilines is 1. The predicted octanol–water partition coefficient (Wildman–Crippen LogP) is 1.64. The summed E-state index contributed by atoms with van der Waals surface area (Å²) in [4.78, 5) is 26.6. The molecule has 1 atom stereocenters. The highest BCUT2D eigenvalue weighted by atomic mass is 16.2. The molecule has 1 aromatic carbocycles. The fourth-order valence-corrected chi connectivity index (χ4v) is 3.31. The minimum atomic E-state index is -0.543. The van der Waals surface area contributed by atoms with Crippen LogP contribution in [0.4, 0.5) is 5.82 Å². The normalized spacial score (nSPS) is 17.2. The maximum absolute atomic E-state index is 12.3. The molecule has 0 aliphatic carbocycles. The molecule has 1 aliphatic heterocycles. The van der Waals surface area contributed by atoms with Crippen LogP contribution in [0, 0.1) is 11.3 Å². The third-order valence-electron chi connectivity index (χ3n) is 4.63. The lowest BCUT2D eigenvalue weighted by molar-refractivity contribution is 0.657. The van der Waals surface area contributed by atoms with Crippen molar-refractivity contribution in [1.82, 2.24) is 9.13 Å². The molecule has 6 heteroatoms. The van der Waals surface area contributed by atoms with Gasteiger partial charge in [-0.05, 0) is 18.4 Å².